The van der Waals surface area contributed by atoms with Gasteiger partial charge in [0.2, 0.25) is 5.91 Å². The number of nitrogens with zero attached hydrogens (tertiary/aromatic N) is 1. The maximum Gasteiger partial charge on any atom is 0.408 e. The highest BCUT2D eigenvalue weighted by Crippen LogP contribution is 2.20. The number of amides is 2. The van der Waals surface area contributed by atoms with Crippen LogP contribution in [0.3, 0.4) is 0 Å². The van der Waals surface area contributed by atoms with Crippen LogP contribution in [0.2, 0.25) is 0 Å². The molecule has 0 heterocycles. The molecule has 0 fully saturated rings. The normalized spacial score (nSPS) is 13.5. The van der Waals surface area contributed by atoms with E-state index in [2.05, 4.69) is 16.7 Å². The molecular formula is C25H31N3O3. The summed E-state index contributed by atoms with van der Waals surface area (Å²) in [4.78, 5) is 25.1. The lowest BCUT2D eigenvalue weighted by Gasteiger charge is -2.23. The number of alkyl carbamates (subject to hydrolysis) is 1. The summed E-state index contributed by atoms with van der Waals surface area (Å²) in [7, 11) is 0. The molecule has 0 saturated carbocycles. The topological polar surface area (TPSA) is 91.2 Å². The van der Waals surface area contributed by atoms with Crippen LogP contribution in [-0.4, -0.2) is 24.1 Å². The van der Waals surface area contributed by atoms with Crippen molar-refractivity contribution in [1.82, 2.24) is 10.6 Å². The average molecular weight is 422 g/mol. The Labute approximate surface area is 184 Å². The Hall–Kier alpha value is -3.33. The summed E-state index contributed by atoms with van der Waals surface area (Å²) in [5.41, 5.74) is 1.97. The van der Waals surface area contributed by atoms with Crippen LogP contribution in [-0.2, 0) is 16.1 Å². The minimum Gasteiger partial charge on any atom is -0.445 e. The number of rotatable bonds is 10. The van der Waals surface area contributed by atoms with Crippen molar-refractivity contribution in [2.24, 2.45) is 5.92 Å². The van der Waals surface area contributed by atoms with E-state index in [0.29, 0.717) is 12.8 Å². The second-order valence-corrected chi connectivity index (χ2v) is 8.13. The molecule has 6 nitrogen and oxygen atoms in total. The van der Waals surface area contributed by atoms with Gasteiger partial charge in [-0.2, -0.15) is 5.26 Å². The fourth-order valence-electron chi connectivity index (χ4n) is 3.30. The van der Waals surface area contributed by atoms with Crippen molar-refractivity contribution < 1.29 is 14.3 Å². The fraction of sp³-hybridized carbons (Fsp3) is 0.400. The van der Waals surface area contributed by atoms with Crippen molar-refractivity contribution in [1.29, 1.82) is 5.26 Å². The van der Waals surface area contributed by atoms with Gasteiger partial charge in [-0.05, 0) is 35.8 Å². The predicted octanol–water partition coefficient (Wildman–Crippen LogP) is 4.53. The van der Waals surface area contributed by atoms with Crippen LogP contribution in [0.1, 0.15) is 50.7 Å². The molecule has 0 aromatic heterocycles. The summed E-state index contributed by atoms with van der Waals surface area (Å²) < 4.78 is 5.25. The molecule has 0 radical (unpaired) electrons. The first-order valence-corrected chi connectivity index (χ1v) is 10.6. The van der Waals surface area contributed by atoms with Gasteiger partial charge in [0.15, 0.2) is 0 Å². The molecular weight excluding hydrogens is 390 g/mol. The first-order valence-electron chi connectivity index (χ1n) is 10.6. The van der Waals surface area contributed by atoms with Crippen molar-refractivity contribution in [2.45, 2.75) is 58.2 Å². The van der Waals surface area contributed by atoms with E-state index in [1.807, 2.05) is 81.4 Å². The SMILES string of the molecule is CC(C)C[C@H](NC(=O)OCc1ccccc1)C(=O)NC(C#N)CC(C)c1ccccc1. The Morgan fingerprint density at radius 3 is 2.13 bits per heavy atom. The number of hydrogen-bond acceptors (Lipinski definition) is 4. The lowest BCUT2D eigenvalue weighted by Crippen LogP contribution is -2.50. The van der Waals surface area contributed by atoms with E-state index in [1.54, 1.807) is 0 Å². The molecule has 2 N–H and O–H groups in total. The number of nitrogens with one attached hydrogen (secondary N) is 2. The molecule has 0 saturated heterocycles. The van der Waals surface area contributed by atoms with Crippen LogP contribution in [0.4, 0.5) is 4.79 Å². The number of hydrogen-bond donors (Lipinski definition) is 2. The molecule has 2 unspecified atom stereocenters. The first-order chi connectivity index (χ1) is 14.9. The number of nitriles is 1. The van der Waals surface area contributed by atoms with Gasteiger partial charge < -0.3 is 15.4 Å². The zero-order valence-electron chi connectivity index (χ0n) is 18.4. The summed E-state index contributed by atoms with van der Waals surface area (Å²) in [6, 6.07) is 19.9. The Bertz CT molecular complexity index is 863. The molecule has 2 amide bonds. The lowest BCUT2D eigenvalue weighted by atomic mass is 9.94. The molecule has 2 rings (SSSR count). The van der Waals surface area contributed by atoms with E-state index < -0.39 is 18.2 Å². The van der Waals surface area contributed by atoms with Crippen molar-refractivity contribution in [3.05, 3.63) is 71.8 Å². The van der Waals surface area contributed by atoms with Crippen LogP contribution in [0.15, 0.2) is 60.7 Å². The third-order valence-electron chi connectivity index (χ3n) is 4.96. The number of benzene rings is 2. The molecule has 0 aliphatic heterocycles. The minimum absolute atomic E-state index is 0.110. The van der Waals surface area contributed by atoms with Gasteiger partial charge in [0, 0.05) is 0 Å². The maximum atomic E-state index is 12.8. The lowest BCUT2D eigenvalue weighted by molar-refractivity contribution is -0.123. The van der Waals surface area contributed by atoms with Gasteiger partial charge in [0.25, 0.3) is 0 Å². The van der Waals surface area contributed by atoms with Crippen LogP contribution < -0.4 is 10.6 Å². The van der Waals surface area contributed by atoms with Crippen molar-refractivity contribution >= 4 is 12.0 Å². The Balaban J connectivity index is 1.94. The van der Waals surface area contributed by atoms with E-state index in [-0.39, 0.29) is 24.3 Å². The Morgan fingerprint density at radius 1 is 0.935 bits per heavy atom. The monoisotopic (exact) mass is 421 g/mol. The summed E-state index contributed by atoms with van der Waals surface area (Å²) in [6.45, 7) is 6.09. The highest BCUT2D eigenvalue weighted by molar-refractivity contribution is 5.86. The largest absolute Gasteiger partial charge is 0.445 e. The highest BCUT2D eigenvalue weighted by atomic mass is 16.5. The molecule has 164 valence electrons. The van der Waals surface area contributed by atoms with Crippen LogP contribution in [0.5, 0.6) is 0 Å². The first kappa shape index (κ1) is 23.9. The van der Waals surface area contributed by atoms with E-state index in [4.69, 9.17) is 4.74 Å². The molecule has 3 atom stereocenters. The Kier molecular flexibility index (Phi) is 9.57. The molecule has 31 heavy (non-hydrogen) atoms. The standard InChI is InChI=1S/C25H31N3O3/c1-18(2)14-23(28-25(30)31-17-20-10-6-4-7-11-20)24(29)27-22(16-26)15-19(3)21-12-8-5-9-13-21/h4-13,18-19,22-23H,14-15,17H2,1-3H3,(H,27,29)(H,28,30)/t19?,22?,23-/m0/s1. The van der Waals surface area contributed by atoms with E-state index in [9.17, 15) is 14.9 Å². The fourth-order valence-corrected chi connectivity index (χ4v) is 3.30. The Morgan fingerprint density at radius 2 is 1.55 bits per heavy atom. The molecule has 0 bridgehead atoms. The summed E-state index contributed by atoms with van der Waals surface area (Å²) in [6.07, 6.45) is 0.272. The van der Waals surface area contributed by atoms with Crippen molar-refractivity contribution in [3.8, 4) is 6.07 Å². The van der Waals surface area contributed by atoms with Gasteiger partial charge in [-0.1, -0.05) is 81.4 Å². The third-order valence-corrected chi connectivity index (χ3v) is 4.96. The van der Waals surface area contributed by atoms with Gasteiger partial charge in [-0.25, -0.2) is 4.79 Å². The summed E-state index contributed by atoms with van der Waals surface area (Å²) >= 11 is 0. The van der Waals surface area contributed by atoms with Crippen LogP contribution in [0, 0.1) is 17.2 Å². The quantitative estimate of drug-likeness (QED) is 0.590. The van der Waals surface area contributed by atoms with Gasteiger partial charge in [0.05, 0.1) is 6.07 Å². The molecule has 0 spiro atoms. The summed E-state index contributed by atoms with van der Waals surface area (Å²) in [5, 5.41) is 15.0. The van der Waals surface area contributed by atoms with E-state index in [1.165, 1.54) is 0 Å². The number of ether oxygens (including phenoxy) is 1. The molecule has 0 aliphatic rings. The molecule has 6 heteroatoms. The van der Waals surface area contributed by atoms with E-state index in [0.717, 1.165) is 11.1 Å². The molecule has 2 aromatic carbocycles. The summed E-state index contributed by atoms with van der Waals surface area (Å²) in [5.74, 6) is -0.0929. The van der Waals surface area contributed by atoms with Crippen molar-refractivity contribution in [2.75, 3.05) is 0 Å². The number of carbonyl (C=O) groups is 2. The molecule has 0 aliphatic carbocycles. The highest BCUT2D eigenvalue weighted by Gasteiger charge is 2.25. The number of carbonyl (C=O) groups excluding carboxylic acids is 2. The van der Waals surface area contributed by atoms with Gasteiger partial charge in [-0.15, -0.1) is 0 Å². The maximum absolute atomic E-state index is 12.8. The van der Waals surface area contributed by atoms with Crippen LogP contribution in [0.25, 0.3) is 0 Å². The predicted molar refractivity (Wildman–Crippen MR) is 120 cm³/mol. The van der Waals surface area contributed by atoms with Gasteiger partial charge >= 0.3 is 6.09 Å². The van der Waals surface area contributed by atoms with Crippen molar-refractivity contribution in [3.63, 3.8) is 0 Å². The zero-order valence-corrected chi connectivity index (χ0v) is 18.4. The second-order valence-electron chi connectivity index (χ2n) is 8.13. The average Bonchev–Trinajstić information content (AvgIpc) is 2.77. The second kappa shape index (κ2) is 12.4. The zero-order chi connectivity index (χ0) is 22.6. The van der Waals surface area contributed by atoms with Gasteiger partial charge in [-0.3, -0.25) is 4.79 Å². The minimum atomic E-state index is -0.772. The molecule has 2 aromatic rings. The smallest absolute Gasteiger partial charge is 0.408 e. The third kappa shape index (κ3) is 8.51. The van der Waals surface area contributed by atoms with E-state index >= 15 is 0 Å². The van der Waals surface area contributed by atoms with Gasteiger partial charge in [0.1, 0.15) is 18.7 Å². The van der Waals surface area contributed by atoms with Crippen LogP contribution >= 0.6 is 0 Å².